The molecule has 1 aromatic rings. The first-order valence-electron chi connectivity index (χ1n) is 8.25. The summed E-state index contributed by atoms with van der Waals surface area (Å²) in [7, 11) is 1.33. The van der Waals surface area contributed by atoms with Crippen LogP contribution in [-0.2, 0) is 9.53 Å². The van der Waals surface area contributed by atoms with Crippen LogP contribution in [0.5, 0.6) is 5.75 Å². The number of hydrogen-bond acceptors (Lipinski definition) is 4. The van der Waals surface area contributed by atoms with Crippen LogP contribution in [0, 0.1) is 0 Å². The van der Waals surface area contributed by atoms with Gasteiger partial charge in [-0.1, -0.05) is 31.7 Å². The van der Waals surface area contributed by atoms with Crippen LogP contribution in [0.4, 0.5) is 0 Å². The first-order chi connectivity index (χ1) is 11.1. The number of ether oxygens (including phenoxy) is 2. The van der Waals surface area contributed by atoms with Gasteiger partial charge in [-0.25, -0.2) is 4.79 Å². The lowest BCUT2D eigenvalue weighted by Gasteiger charge is -2.20. The van der Waals surface area contributed by atoms with E-state index in [2.05, 4.69) is 10.1 Å². The van der Waals surface area contributed by atoms with Crippen molar-refractivity contribution in [2.45, 2.75) is 57.6 Å². The highest BCUT2D eigenvalue weighted by molar-refractivity contribution is 5.89. The first-order valence-corrected chi connectivity index (χ1v) is 8.25. The van der Waals surface area contributed by atoms with Crippen LogP contribution >= 0.6 is 0 Å². The van der Waals surface area contributed by atoms with Gasteiger partial charge in [0.1, 0.15) is 5.75 Å². The highest BCUT2D eigenvalue weighted by Crippen LogP contribution is 2.18. The summed E-state index contributed by atoms with van der Waals surface area (Å²) in [6.45, 7) is 1.72. The minimum atomic E-state index is -0.605. The molecule has 0 radical (unpaired) electrons. The third kappa shape index (κ3) is 5.27. The minimum Gasteiger partial charge on any atom is -0.481 e. The molecule has 5 nitrogen and oxygen atoms in total. The maximum Gasteiger partial charge on any atom is 0.337 e. The molecule has 1 fully saturated rings. The van der Waals surface area contributed by atoms with Crippen molar-refractivity contribution >= 4 is 11.9 Å². The van der Waals surface area contributed by atoms with E-state index in [-0.39, 0.29) is 11.9 Å². The first kappa shape index (κ1) is 17.3. The standard InChI is InChI=1S/C18H25NO4/c1-13(17(20)19-15-9-5-3-4-6-10-15)23-16-11-7-8-14(12-16)18(21)22-2/h7-8,11-13,15H,3-6,9-10H2,1-2H3,(H,19,20)/t13-/m0/s1. The Morgan fingerprint density at radius 1 is 1.17 bits per heavy atom. The van der Waals surface area contributed by atoms with Crippen LogP contribution in [-0.4, -0.2) is 31.1 Å². The van der Waals surface area contributed by atoms with Crippen LogP contribution in [0.1, 0.15) is 55.8 Å². The zero-order chi connectivity index (χ0) is 16.7. The summed E-state index contributed by atoms with van der Waals surface area (Å²) in [6, 6.07) is 6.91. The number of nitrogens with one attached hydrogen (secondary N) is 1. The van der Waals surface area contributed by atoms with Crippen molar-refractivity contribution in [2.75, 3.05) is 7.11 Å². The zero-order valence-corrected chi connectivity index (χ0v) is 13.8. The molecule has 2 rings (SSSR count). The van der Waals surface area contributed by atoms with Gasteiger partial charge >= 0.3 is 5.97 Å². The Hall–Kier alpha value is -2.04. The van der Waals surface area contributed by atoms with Gasteiger partial charge in [0.25, 0.3) is 5.91 Å². The highest BCUT2D eigenvalue weighted by atomic mass is 16.5. The summed E-state index contributed by atoms with van der Waals surface area (Å²) in [5.41, 5.74) is 0.404. The van der Waals surface area contributed by atoms with Crippen molar-refractivity contribution in [3.05, 3.63) is 29.8 Å². The summed E-state index contributed by atoms with van der Waals surface area (Å²) in [5, 5.41) is 3.07. The van der Waals surface area contributed by atoms with Gasteiger partial charge in [0.2, 0.25) is 0 Å². The second-order valence-electron chi connectivity index (χ2n) is 5.98. The van der Waals surface area contributed by atoms with Gasteiger partial charge < -0.3 is 14.8 Å². The van der Waals surface area contributed by atoms with E-state index in [4.69, 9.17) is 4.74 Å². The Balaban J connectivity index is 1.91. The third-order valence-corrected chi connectivity index (χ3v) is 4.14. The number of carbonyl (C=O) groups is 2. The molecule has 1 aromatic carbocycles. The van der Waals surface area contributed by atoms with Crippen LogP contribution in [0.15, 0.2) is 24.3 Å². The lowest BCUT2D eigenvalue weighted by Crippen LogP contribution is -2.42. The molecular weight excluding hydrogens is 294 g/mol. The largest absolute Gasteiger partial charge is 0.481 e. The minimum absolute atomic E-state index is 0.111. The van der Waals surface area contributed by atoms with Gasteiger partial charge in [-0.2, -0.15) is 0 Å². The van der Waals surface area contributed by atoms with Gasteiger partial charge in [0.15, 0.2) is 6.10 Å². The number of amides is 1. The fourth-order valence-corrected chi connectivity index (χ4v) is 2.81. The lowest BCUT2D eigenvalue weighted by molar-refractivity contribution is -0.128. The van der Waals surface area contributed by atoms with Crippen LogP contribution in [0.2, 0.25) is 0 Å². The molecule has 1 aliphatic rings. The SMILES string of the molecule is COC(=O)c1cccc(O[C@@H](C)C(=O)NC2CCCCCC2)c1. The van der Waals surface area contributed by atoms with Gasteiger partial charge in [0, 0.05) is 6.04 Å². The quantitative estimate of drug-likeness (QED) is 0.669. The number of hydrogen-bond donors (Lipinski definition) is 1. The average Bonchev–Trinajstić information content (AvgIpc) is 2.83. The van der Waals surface area contributed by atoms with E-state index in [1.807, 2.05) is 0 Å². The van der Waals surface area contributed by atoms with E-state index in [9.17, 15) is 9.59 Å². The molecule has 0 aromatic heterocycles. The summed E-state index contributed by atoms with van der Waals surface area (Å²) in [5.74, 6) is -0.0530. The summed E-state index contributed by atoms with van der Waals surface area (Å²) < 4.78 is 10.3. The van der Waals surface area contributed by atoms with Crippen LogP contribution in [0.3, 0.4) is 0 Å². The predicted molar refractivity (Wildman–Crippen MR) is 87.5 cm³/mol. The highest BCUT2D eigenvalue weighted by Gasteiger charge is 2.20. The molecule has 0 saturated heterocycles. The van der Waals surface area contributed by atoms with Gasteiger partial charge in [-0.15, -0.1) is 0 Å². The summed E-state index contributed by atoms with van der Waals surface area (Å²) in [6.07, 6.45) is 6.30. The Bertz CT molecular complexity index is 536. The molecule has 5 heteroatoms. The van der Waals surface area contributed by atoms with Gasteiger partial charge in [0.05, 0.1) is 12.7 Å². The number of carbonyl (C=O) groups excluding carboxylic acids is 2. The molecule has 0 spiro atoms. The van der Waals surface area contributed by atoms with E-state index < -0.39 is 12.1 Å². The van der Waals surface area contributed by atoms with Crippen molar-refractivity contribution in [1.29, 1.82) is 0 Å². The molecule has 1 N–H and O–H groups in total. The third-order valence-electron chi connectivity index (χ3n) is 4.14. The van der Waals surface area contributed by atoms with E-state index >= 15 is 0 Å². The normalized spacial score (nSPS) is 17.0. The van der Waals surface area contributed by atoms with Crippen molar-refractivity contribution in [1.82, 2.24) is 5.32 Å². The van der Waals surface area contributed by atoms with E-state index in [1.54, 1.807) is 31.2 Å². The second kappa shape index (κ2) is 8.56. The molecule has 0 unspecified atom stereocenters. The molecule has 0 bridgehead atoms. The smallest absolute Gasteiger partial charge is 0.337 e. The molecule has 0 aliphatic heterocycles. The molecule has 1 saturated carbocycles. The fraction of sp³-hybridized carbons (Fsp3) is 0.556. The number of methoxy groups -OCH3 is 1. The van der Waals surface area contributed by atoms with Crippen molar-refractivity contribution in [2.24, 2.45) is 0 Å². The molecule has 1 aliphatic carbocycles. The maximum atomic E-state index is 12.3. The zero-order valence-electron chi connectivity index (χ0n) is 13.8. The monoisotopic (exact) mass is 319 g/mol. The van der Waals surface area contributed by atoms with E-state index in [1.165, 1.54) is 32.8 Å². The van der Waals surface area contributed by atoms with E-state index in [0.717, 1.165) is 12.8 Å². The lowest BCUT2D eigenvalue weighted by atomic mass is 10.1. The van der Waals surface area contributed by atoms with Crippen LogP contribution in [0.25, 0.3) is 0 Å². The molecule has 1 atom stereocenters. The number of esters is 1. The molecule has 23 heavy (non-hydrogen) atoms. The topological polar surface area (TPSA) is 64.6 Å². The number of benzene rings is 1. The Morgan fingerprint density at radius 2 is 1.87 bits per heavy atom. The molecule has 1 amide bonds. The maximum absolute atomic E-state index is 12.3. The fourth-order valence-electron chi connectivity index (χ4n) is 2.81. The van der Waals surface area contributed by atoms with Crippen molar-refractivity contribution < 1.29 is 19.1 Å². The van der Waals surface area contributed by atoms with Gasteiger partial charge in [-0.05, 0) is 38.0 Å². The van der Waals surface area contributed by atoms with E-state index in [0.29, 0.717) is 11.3 Å². The second-order valence-corrected chi connectivity index (χ2v) is 5.98. The van der Waals surface area contributed by atoms with Crippen molar-refractivity contribution in [3.8, 4) is 5.75 Å². The molecular formula is C18H25NO4. The van der Waals surface area contributed by atoms with Crippen molar-refractivity contribution in [3.63, 3.8) is 0 Å². The average molecular weight is 319 g/mol. The summed E-state index contributed by atoms with van der Waals surface area (Å²) in [4.78, 5) is 23.8. The van der Waals surface area contributed by atoms with Gasteiger partial charge in [-0.3, -0.25) is 4.79 Å². The van der Waals surface area contributed by atoms with Crippen LogP contribution < -0.4 is 10.1 Å². The number of rotatable bonds is 5. The molecule has 126 valence electrons. The Labute approximate surface area is 137 Å². The Morgan fingerprint density at radius 3 is 2.52 bits per heavy atom. The Kier molecular flexibility index (Phi) is 6.44. The molecule has 0 heterocycles. The summed E-state index contributed by atoms with van der Waals surface area (Å²) >= 11 is 0. The predicted octanol–water partition coefficient (Wildman–Crippen LogP) is 3.08.